The number of nitrogens with one attached hydrogen (secondary N) is 1. The molecule has 0 amide bonds. The van der Waals surface area contributed by atoms with E-state index in [0.29, 0.717) is 10.0 Å². The van der Waals surface area contributed by atoms with Crippen LogP contribution in [0.25, 0.3) is 0 Å². The first-order valence-corrected chi connectivity index (χ1v) is 7.33. The van der Waals surface area contributed by atoms with Crippen molar-refractivity contribution < 1.29 is 13.2 Å². The number of benzene rings is 2. The molecule has 0 aliphatic carbocycles. The topological polar surface area (TPSA) is 12.0 Å². The van der Waals surface area contributed by atoms with Gasteiger partial charge in [-0.25, -0.2) is 13.2 Å². The van der Waals surface area contributed by atoms with Crippen LogP contribution in [0.15, 0.2) is 40.9 Å². The molecule has 0 fully saturated rings. The third-order valence-electron chi connectivity index (χ3n) is 3.37. The highest BCUT2D eigenvalue weighted by molar-refractivity contribution is 9.10. The van der Waals surface area contributed by atoms with Gasteiger partial charge in [-0.2, -0.15) is 0 Å². The third-order valence-corrected chi connectivity index (χ3v) is 4.06. The van der Waals surface area contributed by atoms with E-state index in [9.17, 15) is 13.2 Å². The van der Waals surface area contributed by atoms with Gasteiger partial charge in [-0.1, -0.05) is 28.1 Å². The smallest absolute Gasteiger partial charge is 0.159 e. The molecule has 0 saturated heterocycles. The fourth-order valence-corrected chi connectivity index (χ4v) is 2.89. The normalized spacial score (nSPS) is 14.0. The van der Waals surface area contributed by atoms with E-state index in [1.54, 1.807) is 12.1 Å². The van der Waals surface area contributed by atoms with Crippen LogP contribution in [-0.2, 0) is 0 Å². The molecule has 2 atom stereocenters. The molecule has 0 spiro atoms. The molecule has 2 aromatic carbocycles. The first-order chi connectivity index (χ1) is 9.88. The Morgan fingerprint density at radius 3 is 2.24 bits per heavy atom. The maximum Gasteiger partial charge on any atom is 0.159 e. The highest BCUT2D eigenvalue weighted by atomic mass is 79.9. The van der Waals surface area contributed by atoms with Crippen molar-refractivity contribution in [3.63, 3.8) is 0 Å². The van der Waals surface area contributed by atoms with E-state index in [-0.39, 0.29) is 17.9 Å². The van der Waals surface area contributed by atoms with Gasteiger partial charge in [-0.05, 0) is 49.2 Å². The second-order valence-corrected chi connectivity index (χ2v) is 5.80. The Kier molecular flexibility index (Phi) is 5.06. The van der Waals surface area contributed by atoms with Gasteiger partial charge in [0.2, 0.25) is 0 Å². The van der Waals surface area contributed by atoms with Crippen molar-refractivity contribution in [1.82, 2.24) is 5.32 Å². The Labute approximate surface area is 130 Å². The molecule has 0 saturated carbocycles. The van der Waals surface area contributed by atoms with E-state index in [0.717, 1.165) is 11.6 Å². The van der Waals surface area contributed by atoms with Crippen LogP contribution in [0, 0.1) is 17.5 Å². The van der Waals surface area contributed by atoms with Crippen molar-refractivity contribution in [2.24, 2.45) is 0 Å². The van der Waals surface area contributed by atoms with Crippen molar-refractivity contribution in [2.45, 2.75) is 25.9 Å². The largest absolute Gasteiger partial charge is 0.304 e. The summed E-state index contributed by atoms with van der Waals surface area (Å²) in [5.41, 5.74) is 1.55. The van der Waals surface area contributed by atoms with Gasteiger partial charge in [-0.3, -0.25) is 0 Å². The average molecular weight is 358 g/mol. The second kappa shape index (κ2) is 6.62. The predicted molar refractivity (Wildman–Crippen MR) is 80.4 cm³/mol. The summed E-state index contributed by atoms with van der Waals surface area (Å²) in [6.07, 6.45) is 0. The Hall–Kier alpha value is -1.33. The van der Waals surface area contributed by atoms with Gasteiger partial charge in [-0.15, -0.1) is 0 Å². The molecule has 1 N–H and O–H groups in total. The first-order valence-electron chi connectivity index (χ1n) is 6.54. The summed E-state index contributed by atoms with van der Waals surface area (Å²) in [5.74, 6) is -2.04. The summed E-state index contributed by atoms with van der Waals surface area (Å²) < 4.78 is 40.0. The minimum atomic E-state index is -0.864. The Morgan fingerprint density at radius 1 is 0.905 bits per heavy atom. The van der Waals surface area contributed by atoms with E-state index in [1.165, 1.54) is 18.2 Å². The summed E-state index contributed by atoms with van der Waals surface area (Å²) in [6.45, 7) is 3.79. The van der Waals surface area contributed by atoms with Crippen molar-refractivity contribution in [2.75, 3.05) is 0 Å². The van der Waals surface area contributed by atoms with Gasteiger partial charge in [0, 0.05) is 16.6 Å². The van der Waals surface area contributed by atoms with E-state index in [1.807, 2.05) is 13.8 Å². The molecule has 5 heteroatoms. The standard InChI is InChI=1S/C16H15BrF3N/c1-9(11-3-6-15(19)16(20)7-11)21-10(2)13-5-4-12(18)8-14(13)17/h3-10,21H,1-2H3. The summed E-state index contributed by atoms with van der Waals surface area (Å²) >= 11 is 3.33. The maximum atomic E-state index is 13.3. The van der Waals surface area contributed by atoms with Crippen LogP contribution in [-0.4, -0.2) is 0 Å². The SMILES string of the molecule is CC(NC(C)c1ccc(F)cc1Br)c1ccc(F)c(F)c1. The van der Waals surface area contributed by atoms with Gasteiger partial charge in [0.15, 0.2) is 11.6 Å². The van der Waals surface area contributed by atoms with Crippen LogP contribution in [0.3, 0.4) is 0 Å². The fourth-order valence-electron chi connectivity index (χ4n) is 2.20. The second-order valence-electron chi connectivity index (χ2n) is 4.95. The van der Waals surface area contributed by atoms with E-state index >= 15 is 0 Å². The summed E-state index contributed by atoms with van der Waals surface area (Å²) in [6, 6.07) is 8.06. The Balaban J connectivity index is 2.14. The number of hydrogen-bond donors (Lipinski definition) is 1. The van der Waals surface area contributed by atoms with Gasteiger partial charge in [0.1, 0.15) is 5.82 Å². The quantitative estimate of drug-likeness (QED) is 0.784. The highest BCUT2D eigenvalue weighted by Crippen LogP contribution is 2.26. The van der Waals surface area contributed by atoms with Crippen LogP contribution < -0.4 is 5.32 Å². The Bertz CT molecular complexity index is 645. The van der Waals surface area contributed by atoms with Crippen LogP contribution in [0.2, 0.25) is 0 Å². The fraction of sp³-hybridized carbons (Fsp3) is 0.250. The lowest BCUT2D eigenvalue weighted by atomic mass is 10.0. The van der Waals surface area contributed by atoms with Gasteiger partial charge >= 0.3 is 0 Å². The van der Waals surface area contributed by atoms with Crippen LogP contribution in [0.5, 0.6) is 0 Å². The lowest BCUT2D eigenvalue weighted by Gasteiger charge is -2.22. The van der Waals surface area contributed by atoms with Gasteiger partial charge < -0.3 is 5.32 Å². The van der Waals surface area contributed by atoms with Crippen molar-refractivity contribution >= 4 is 15.9 Å². The number of hydrogen-bond acceptors (Lipinski definition) is 1. The highest BCUT2D eigenvalue weighted by Gasteiger charge is 2.15. The summed E-state index contributed by atoms with van der Waals surface area (Å²) in [5, 5.41) is 3.28. The molecule has 1 nitrogen and oxygen atoms in total. The predicted octanol–water partition coefficient (Wildman–Crippen LogP) is 5.28. The molecule has 0 radical (unpaired) electrons. The van der Waals surface area contributed by atoms with Crippen molar-refractivity contribution in [3.05, 3.63) is 69.4 Å². The minimum absolute atomic E-state index is 0.0805. The van der Waals surface area contributed by atoms with Crippen molar-refractivity contribution in [1.29, 1.82) is 0 Å². The average Bonchev–Trinajstić information content (AvgIpc) is 2.41. The summed E-state index contributed by atoms with van der Waals surface area (Å²) in [7, 11) is 0. The molecule has 0 bridgehead atoms. The van der Waals surface area contributed by atoms with Crippen LogP contribution in [0.4, 0.5) is 13.2 Å². The molecule has 0 heterocycles. The molecule has 0 aliphatic heterocycles. The first kappa shape index (κ1) is 16.0. The molecule has 21 heavy (non-hydrogen) atoms. The number of rotatable bonds is 4. The summed E-state index contributed by atoms with van der Waals surface area (Å²) in [4.78, 5) is 0. The Morgan fingerprint density at radius 2 is 1.62 bits per heavy atom. The molecular weight excluding hydrogens is 343 g/mol. The molecule has 112 valence electrons. The molecule has 2 rings (SSSR count). The molecule has 0 aromatic heterocycles. The lowest BCUT2D eigenvalue weighted by molar-refractivity contribution is 0.479. The molecular formula is C16H15BrF3N. The molecule has 2 unspecified atom stereocenters. The third kappa shape index (κ3) is 3.86. The van der Waals surface area contributed by atoms with Gasteiger partial charge in [0.25, 0.3) is 0 Å². The zero-order valence-electron chi connectivity index (χ0n) is 11.6. The van der Waals surface area contributed by atoms with Crippen molar-refractivity contribution in [3.8, 4) is 0 Å². The monoisotopic (exact) mass is 357 g/mol. The van der Waals surface area contributed by atoms with E-state index in [4.69, 9.17) is 0 Å². The van der Waals surface area contributed by atoms with Crippen LogP contribution in [0.1, 0.15) is 37.1 Å². The maximum absolute atomic E-state index is 13.3. The van der Waals surface area contributed by atoms with E-state index < -0.39 is 11.6 Å². The number of halogens is 4. The molecule has 0 aliphatic rings. The van der Waals surface area contributed by atoms with Crippen LogP contribution >= 0.6 is 15.9 Å². The van der Waals surface area contributed by atoms with E-state index in [2.05, 4.69) is 21.2 Å². The van der Waals surface area contributed by atoms with Gasteiger partial charge in [0.05, 0.1) is 0 Å². The lowest BCUT2D eigenvalue weighted by Crippen LogP contribution is -2.23. The zero-order valence-corrected chi connectivity index (χ0v) is 13.2. The zero-order chi connectivity index (χ0) is 15.6. The minimum Gasteiger partial charge on any atom is -0.304 e. The molecule has 2 aromatic rings.